The molecule has 0 spiro atoms. The van der Waals surface area contributed by atoms with Crippen LogP contribution in [0.2, 0.25) is 0 Å². The lowest BCUT2D eigenvalue weighted by Gasteiger charge is -2.33. The molecule has 23 heavy (non-hydrogen) atoms. The second-order valence-electron chi connectivity index (χ2n) is 6.91. The second kappa shape index (κ2) is 9.25. The lowest BCUT2D eigenvalue weighted by atomic mass is 9.78. The summed E-state index contributed by atoms with van der Waals surface area (Å²) >= 11 is 0. The van der Waals surface area contributed by atoms with Gasteiger partial charge in [0, 0.05) is 19.3 Å². The Labute approximate surface area is 137 Å². The maximum absolute atomic E-state index is 12.3. The highest BCUT2D eigenvalue weighted by atomic mass is 16.4. The first kappa shape index (κ1) is 21.9. The van der Waals surface area contributed by atoms with Crippen LogP contribution in [0, 0.1) is 11.8 Å². The fourth-order valence-electron chi connectivity index (χ4n) is 2.36. The van der Waals surface area contributed by atoms with Crippen molar-refractivity contribution >= 4 is 17.3 Å². The van der Waals surface area contributed by atoms with Gasteiger partial charge in [-0.25, -0.2) is 0 Å². The summed E-state index contributed by atoms with van der Waals surface area (Å²) in [5, 5.41) is 30.8. The molecule has 134 valence electrons. The summed E-state index contributed by atoms with van der Waals surface area (Å²) in [4.78, 5) is 36.5. The molecule has 0 aromatic rings. The maximum Gasteiger partial charge on any atom is 0.210 e. The third-order valence-electron chi connectivity index (χ3n) is 3.59. The van der Waals surface area contributed by atoms with Gasteiger partial charge >= 0.3 is 0 Å². The SMILES string of the molecule is CCCC(=O)C(O)(C(=O)CC(C)C)C(O)C(O)C(=O)CC(C)C. The van der Waals surface area contributed by atoms with Crippen LogP contribution in [0.15, 0.2) is 0 Å². The Balaban J connectivity index is 5.53. The topological polar surface area (TPSA) is 112 Å². The minimum atomic E-state index is -2.74. The van der Waals surface area contributed by atoms with Gasteiger partial charge in [0.15, 0.2) is 17.3 Å². The molecular formula is C17H30O6. The number of carbonyl (C=O) groups excluding carboxylic acids is 3. The third-order valence-corrected chi connectivity index (χ3v) is 3.59. The van der Waals surface area contributed by atoms with Gasteiger partial charge < -0.3 is 15.3 Å². The highest BCUT2D eigenvalue weighted by Crippen LogP contribution is 2.24. The fourth-order valence-corrected chi connectivity index (χ4v) is 2.36. The van der Waals surface area contributed by atoms with Crippen molar-refractivity contribution in [3.63, 3.8) is 0 Å². The Morgan fingerprint density at radius 2 is 1.39 bits per heavy atom. The van der Waals surface area contributed by atoms with Gasteiger partial charge in [0.1, 0.15) is 12.2 Å². The second-order valence-corrected chi connectivity index (χ2v) is 6.91. The van der Waals surface area contributed by atoms with Crippen LogP contribution in [0.25, 0.3) is 0 Å². The van der Waals surface area contributed by atoms with Gasteiger partial charge in [-0.05, 0) is 18.3 Å². The molecule has 0 aliphatic carbocycles. The Bertz CT molecular complexity index is 429. The van der Waals surface area contributed by atoms with Crippen molar-refractivity contribution < 1.29 is 29.7 Å². The fraction of sp³-hybridized carbons (Fsp3) is 0.824. The average molecular weight is 330 g/mol. The molecule has 3 N–H and O–H groups in total. The largest absolute Gasteiger partial charge is 0.386 e. The normalized spacial score (nSPS) is 17.0. The van der Waals surface area contributed by atoms with Crippen LogP contribution in [-0.2, 0) is 14.4 Å². The van der Waals surface area contributed by atoms with Gasteiger partial charge in [-0.2, -0.15) is 0 Å². The molecule has 0 saturated heterocycles. The number of hydrogen-bond acceptors (Lipinski definition) is 6. The lowest BCUT2D eigenvalue weighted by Crippen LogP contribution is -2.61. The Hall–Kier alpha value is -1.11. The van der Waals surface area contributed by atoms with Crippen molar-refractivity contribution in [3.8, 4) is 0 Å². The Morgan fingerprint density at radius 3 is 1.78 bits per heavy atom. The molecular weight excluding hydrogens is 300 g/mol. The van der Waals surface area contributed by atoms with E-state index in [4.69, 9.17) is 0 Å². The zero-order chi connectivity index (χ0) is 18.4. The number of aliphatic hydroxyl groups excluding tert-OH is 2. The summed E-state index contributed by atoms with van der Waals surface area (Å²) in [6.45, 7) is 8.67. The van der Waals surface area contributed by atoms with E-state index < -0.39 is 35.2 Å². The Morgan fingerprint density at radius 1 is 0.913 bits per heavy atom. The molecule has 0 amide bonds. The zero-order valence-electron chi connectivity index (χ0n) is 14.7. The monoisotopic (exact) mass is 330 g/mol. The highest BCUT2D eigenvalue weighted by Gasteiger charge is 2.52. The van der Waals surface area contributed by atoms with Gasteiger partial charge in [0.05, 0.1) is 0 Å². The van der Waals surface area contributed by atoms with E-state index in [0.717, 1.165) is 0 Å². The third kappa shape index (κ3) is 5.79. The van der Waals surface area contributed by atoms with Gasteiger partial charge in [0.2, 0.25) is 5.60 Å². The molecule has 0 saturated carbocycles. The minimum absolute atomic E-state index is 0.0192. The minimum Gasteiger partial charge on any atom is -0.386 e. The molecule has 0 aromatic carbocycles. The van der Waals surface area contributed by atoms with Crippen LogP contribution in [-0.4, -0.2) is 50.5 Å². The first-order chi connectivity index (χ1) is 10.5. The van der Waals surface area contributed by atoms with Crippen LogP contribution in [0.5, 0.6) is 0 Å². The van der Waals surface area contributed by atoms with Gasteiger partial charge in [-0.15, -0.1) is 0 Å². The molecule has 0 aliphatic heterocycles. The van der Waals surface area contributed by atoms with E-state index in [-0.39, 0.29) is 31.1 Å². The molecule has 0 rings (SSSR count). The summed E-state index contributed by atoms with van der Waals surface area (Å²) < 4.78 is 0. The standard InChI is InChI=1S/C17H30O6/c1-6-7-13(19)17(23,14(20)9-11(4)5)16(22)15(21)12(18)8-10(2)3/h10-11,15-16,21-23H,6-9H2,1-5H3. The predicted octanol–water partition coefficient (Wildman–Crippen LogP) is 1.04. The van der Waals surface area contributed by atoms with Crippen LogP contribution >= 0.6 is 0 Å². The quantitative estimate of drug-likeness (QED) is 0.488. The maximum atomic E-state index is 12.3. The van der Waals surface area contributed by atoms with Crippen molar-refractivity contribution in [2.75, 3.05) is 0 Å². The van der Waals surface area contributed by atoms with E-state index in [1.165, 1.54) is 0 Å². The molecule has 0 bridgehead atoms. The highest BCUT2D eigenvalue weighted by molar-refractivity contribution is 6.11. The van der Waals surface area contributed by atoms with Gasteiger partial charge in [-0.1, -0.05) is 34.6 Å². The number of aliphatic hydroxyl groups is 3. The summed E-state index contributed by atoms with van der Waals surface area (Å²) in [5.74, 6) is -2.63. The van der Waals surface area contributed by atoms with E-state index in [0.29, 0.717) is 6.42 Å². The van der Waals surface area contributed by atoms with Crippen LogP contribution in [0.3, 0.4) is 0 Å². The average Bonchev–Trinajstić information content (AvgIpc) is 2.43. The number of hydrogen-bond donors (Lipinski definition) is 3. The van der Waals surface area contributed by atoms with Gasteiger partial charge in [-0.3, -0.25) is 14.4 Å². The summed E-state index contributed by atoms with van der Waals surface area (Å²) in [7, 11) is 0. The van der Waals surface area contributed by atoms with E-state index in [1.54, 1.807) is 34.6 Å². The van der Waals surface area contributed by atoms with E-state index in [9.17, 15) is 29.7 Å². The number of carbonyl (C=O) groups is 3. The molecule has 0 radical (unpaired) electrons. The molecule has 6 heteroatoms. The molecule has 3 unspecified atom stereocenters. The van der Waals surface area contributed by atoms with Crippen molar-refractivity contribution in [1.29, 1.82) is 0 Å². The van der Waals surface area contributed by atoms with E-state index in [1.807, 2.05) is 0 Å². The molecule has 0 fully saturated rings. The molecule has 3 atom stereocenters. The summed E-state index contributed by atoms with van der Waals surface area (Å²) in [6.07, 6.45) is -4.03. The van der Waals surface area contributed by atoms with E-state index >= 15 is 0 Å². The van der Waals surface area contributed by atoms with Crippen molar-refractivity contribution in [3.05, 3.63) is 0 Å². The van der Waals surface area contributed by atoms with Crippen molar-refractivity contribution in [2.45, 2.75) is 78.1 Å². The summed E-state index contributed by atoms with van der Waals surface area (Å²) in [6, 6.07) is 0. The van der Waals surface area contributed by atoms with Crippen LogP contribution in [0.4, 0.5) is 0 Å². The predicted molar refractivity (Wildman–Crippen MR) is 85.8 cm³/mol. The molecule has 0 aromatic heterocycles. The first-order valence-corrected chi connectivity index (χ1v) is 8.16. The zero-order valence-corrected chi connectivity index (χ0v) is 14.7. The van der Waals surface area contributed by atoms with Crippen LogP contribution in [0.1, 0.15) is 60.3 Å². The smallest absolute Gasteiger partial charge is 0.210 e. The molecule has 6 nitrogen and oxygen atoms in total. The van der Waals surface area contributed by atoms with E-state index in [2.05, 4.69) is 0 Å². The molecule has 0 aliphatic rings. The number of rotatable bonds is 11. The lowest BCUT2D eigenvalue weighted by molar-refractivity contribution is -0.175. The van der Waals surface area contributed by atoms with Gasteiger partial charge in [0.25, 0.3) is 0 Å². The Kier molecular flexibility index (Phi) is 8.80. The van der Waals surface area contributed by atoms with Crippen molar-refractivity contribution in [1.82, 2.24) is 0 Å². The molecule has 0 heterocycles. The number of ketones is 3. The summed E-state index contributed by atoms with van der Waals surface area (Å²) in [5.41, 5.74) is -2.74. The first-order valence-electron chi connectivity index (χ1n) is 8.16. The van der Waals surface area contributed by atoms with Crippen molar-refractivity contribution in [2.24, 2.45) is 11.8 Å². The van der Waals surface area contributed by atoms with Crippen LogP contribution < -0.4 is 0 Å². The number of Topliss-reactive ketones (excluding diaryl/α,β-unsaturated/α-hetero) is 3.